The zero-order chi connectivity index (χ0) is 19.3. The van der Waals surface area contributed by atoms with E-state index in [1.165, 1.54) is 0 Å². The SMILES string of the molecule is CCCCS(=O)(=O)Nc1ccc(Oc2ccc(-n3ccc(C)n3)nn2)cc1. The molecule has 0 spiro atoms. The third kappa shape index (κ3) is 5.27. The molecule has 0 amide bonds. The van der Waals surface area contributed by atoms with Crippen molar-refractivity contribution in [3.63, 3.8) is 0 Å². The summed E-state index contributed by atoms with van der Waals surface area (Å²) >= 11 is 0. The van der Waals surface area contributed by atoms with Crippen molar-refractivity contribution in [1.82, 2.24) is 20.0 Å². The summed E-state index contributed by atoms with van der Waals surface area (Å²) in [5, 5.41) is 12.4. The molecule has 8 nitrogen and oxygen atoms in total. The highest BCUT2D eigenvalue weighted by Crippen LogP contribution is 2.22. The molecule has 9 heteroatoms. The topological polar surface area (TPSA) is 99.0 Å². The molecule has 0 unspecified atom stereocenters. The van der Waals surface area contributed by atoms with Crippen LogP contribution in [0.4, 0.5) is 5.69 Å². The van der Waals surface area contributed by atoms with Crippen molar-refractivity contribution in [2.75, 3.05) is 10.5 Å². The summed E-state index contributed by atoms with van der Waals surface area (Å²) in [7, 11) is -3.32. The van der Waals surface area contributed by atoms with Crippen molar-refractivity contribution in [2.45, 2.75) is 26.7 Å². The highest BCUT2D eigenvalue weighted by molar-refractivity contribution is 7.92. The molecule has 1 N–H and O–H groups in total. The summed E-state index contributed by atoms with van der Waals surface area (Å²) < 4.78 is 33.7. The van der Waals surface area contributed by atoms with Gasteiger partial charge in [-0.15, -0.1) is 10.2 Å². The predicted molar refractivity (Wildman–Crippen MR) is 103 cm³/mol. The lowest BCUT2D eigenvalue weighted by atomic mass is 10.3. The number of rotatable bonds is 8. The second-order valence-corrected chi connectivity index (χ2v) is 7.87. The third-order valence-corrected chi connectivity index (χ3v) is 5.07. The Morgan fingerprint density at radius 1 is 1.07 bits per heavy atom. The molecule has 27 heavy (non-hydrogen) atoms. The number of sulfonamides is 1. The van der Waals surface area contributed by atoms with Gasteiger partial charge in [0.1, 0.15) is 5.75 Å². The fourth-order valence-corrected chi connectivity index (χ4v) is 3.57. The first kappa shape index (κ1) is 18.8. The van der Waals surface area contributed by atoms with E-state index >= 15 is 0 Å². The summed E-state index contributed by atoms with van der Waals surface area (Å²) in [6.45, 7) is 3.85. The van der Waals surface area contributed by atoms with Crippen molar-refractivity contribution >= 4 is 15.7 Å². The predicted octanol–water partition coefficient (Wildman–Crippen LogP) is 3.30. The number of ether oxygens (including phenoxy) is 1. The number of aromatic nitrogens is 4. The van der Waals surface area contributed by atoms with Crippen LogP contribution in [0.5, 0.6) is 11.6 Å². The average Bonchev–Trinajstić information content (AvgIpc) is 3.08. The molecule has 0 saturated carbocycles. The molecule has 0 radical (unpaired) electrons. The largest absolute Gasteiger partial charge is 0.438 e. The number of anilines is 1. The highest BCUT2D eigenvalue weighted by atomic mass is 32.2. The van der Waals surface area contributed by atoms with Crippen LogP contribution in [-0.2, 0) is 10.0 Å². The average molecular weight is 387 g/mol. The van der Waals surface area contributed by atoms with Crippen molar-refractivity contribution in [2.24, 2.45) is 0 Å². The van der Waals surface area contributed by atoms with Gasteiger partial charge in [0.15, 0.2) is 5.82 Å². The van der Waals surface area contributed by atoms with E-state index in [9.17, 15) is 8.42 Å². The standard InChI is InChI=1S/C18H21N5O3S/c1-3-4-13-27(24,25)22-15-5-7-16(8-6-15)26-18-10-9-17(19-20-18)23-12-11-14(2)21-23/h5-12,22H,3-4,13H2,1-2H3. The Balaban J connectivity index is 1.63. The monoisotopic (exact) mass is 387 g/mol. The fraction of sp³-hybridized carbons (Fsp3) is 0.278. The van der Waals surface area contributed by atoms with E-state index in [1.54, 1.807) is 47.3 Å². The zero-order valence-electron chi connectivity index (χ0n) is 15.2. The summed E-state index contributed by atoms with van der Waals surface area (Å²) in [5.41, 5.74) is 1.39. The third-order valence-electron chi connectivity index (χ3n) is 3.70. The summed E-state index contributed by atoms with van der Waals surface area (Å²) in [4.78, 5) is 0. The maximum absolute atomic E-state index is 11.9. The van der Waals surface area contributed by atoms with Gasteiger partial charge < -0.3 is 4.74 Å². The van der Waals surface area contributed by atoms with E-state index < -0.39 is 10.0 Å². The molecule has 0 fully saturated rings. The molecule has 1 aromatic carbocycles. The van der Waals surface area contributed by atoms with Crippen LogP contribution in [-0.4, -0.2) is 34.1 Å². The molecule has 0 aliphatic heterocycles. The molecule has 0 aliphatic carbocycles. The lowest BCUT2D eigenvalue weighted by molar-refractivity contribution is 0.454. The van der Waals surface area contributed by atoms with Gasteiger partial charge in [-0.3, -0.25) is 4.72 Å². The number of aryl methyl sites for hydroxylation is 1. The molecule has 0 aliphatic rings. The Morgan fingerprint density at radius 3 is 2.44 bits per heavy atom. The number of benzene rings is 1. The maximum Gasteiger partial charge on any atom is 0.238 e. The van der Waals surface area contributed by atoms with Crippen LogP contribution in [0.3, 0.4) is 0 Å². The number of nitrogens with one attached hydrogen (secondary N) is 1. The first-order valence-electron chi connectivity index (χ1n) is 8.60. The first-order chi connectivity index (χ1) is 12.9. The molecule has 2 heterocycles. The molecule has 0 saturated heterocycles. The van der Waals surface area contributed by atoms with Crippen LogP contribution in [0.15, 0.2) is 48.7 Å². The van der Waals surface area contributed by atoms with Gasteiger partial charge in [-0.1, -0.05) is 13.3 Å². The Bertz CT molecular complexity index is 983. The van der Waals surface area contributed by atoms with Crippen molar-refractivity contribution < 1.29 is 13.2 Å². The number of nitrogens with zero attached hydrogens (tertiary/aromatic N) is 4. The van der Waals surface area contributed by atoms with E-state index in [1.807, 2.05) is 19.9 Å². The van der Waals surface area contributed by atoms with Crippen molar-refractivity contribution in [1.29, 1.82) is 0 Å². The second kappa shape index (κ2) is 8.17. The van der Waals surface area contributed by atoms with E-state index in [0.717, 1.165) is 12.1 Å². The molecular weight excluding hydrogens is 366 g/mol. The number of unbranched alkanes of at least 4 members (excludes halogenated alkanes) is 1. The summed E-state index contributed by atoms with van der Waals surface area (Å²) in [5.74, 6) is 1.56. The normalized spacial score (nSPS) is 11.3. The van der Waals surface area contributed by atoms with E-state index in [4.69, 9.17) is 4.74 Å². The summed E-state index contributed by atoms with van der Waals surface area (Å²) in [6, 6.07) is 12.0. The van der Waals surface area contributed by atoms with E-state index in [-0.39, 0.29) is 5.75 Å². The van der Waals surface area contributed by atoms with Gasteiger partial charge in [0.2, 0.25) is 15.9 Å². The van der Waals surface area contributed by atoms with Gasteiger partial charge in [0.05, 0.1) is 11.4 Å². The lowest BCUT2D eigenvalue weighted by Crippen LogP contribution is -2.16. The van der Waals surface area contributed by atoms with Crippen molar-refractivity contribution in [3.05, 3.63) is 54.4 Å². The van der Waals surface area contributed by atoms with Gasteiger partial charge in [-0.25, -0.2) is 13.1 Å². The second-order valence-electron chi connectivity index (χ2n) is 6.03. The van der Waals surface area contributed by atoms with Crippen LogP contribution in [0.1, 0.15) is 25.5 Å². The lowest BCUT2D eigenvalue weighted by Gasteiger charge is -2.09. The van der Waals surface area contributed by atoms with Crippen molar-refractivity contribution in [3.8, 4) is 17.4 Å². The van der Waals surface area contributed by atoms with Gasteiger partial charge in [0, 0.05) is 18.0 Å². The van der Waals surface area contributed by atoms with Crippen LogP contribution in [0, 0.1) is 6.92 Å². The number of hydrogen-bond acceptors (Lipinski definition) is 6. The van der Waals surface area contributed by atoms with E-state index in [0.29, 0.717) is 29.6 Å². The minimum absolute atomic E-state index is 0.111. The number of hydrogen-bond donors (Lipinski definition) is 1. The molecule has 0 bridgehead atoms. The van der Waals surface area contributed by atoms with Crippen LogP contribution >= 0.6 is 0 Å². The van der Waals surface area contributed by atoms with Crippen LogP contribution in [0.2, 0.25) is 0 Å². The minimum atomic E-state index is -3.32. The molecule has 3 rings (SSSR count). The molecule has 142 valence electrons. The smallest absolute Gasteiger partial charge is 0.238 e. The molecule has 2 aromatic heterocycles. The van der Waals surface area contributed by atoms with Crippen LogP contribution < -0.4 is 9.46 Å². The van der Waals surface area contributed by atoms with Gasteiger partial charge in [-0.05, 0) is 49.7 Å². The Hall–Kier alpha value is -2.94. The van der Waals surface area contributed by atoms with Gasteiger partial charge >= 0.3 is 0 Å². The fourth-order valence-electron chi connectivity index (χ4n) is 2.31. The van der Waals surface area contributed by atoms with Crippen LogP contribution in [0.25, 0.3) is 5.82 Å². The Morgan fingerprint density at radius 2 is 1.85 bits per heavy atom. The van der Waals surface area contributed by atoms with Gasteiger partial charge in [-0.2, -0.15) is 5.10 Å². The first-order valence-corrected chi connectivity index (χ1v) is 10.3. The summed E-state index contributed by atoms with van der Waals surface area (Å²) in [6.07, 6.45) is 3.26. The quantitative estimate of drug-likeness (QED) is 0.637. The van der Waals surface area contributed by atoms with E-state index in [2.05, 4.69) is 20.0 Å². The molecule has 3 aromatic rings. The maximum atomic E-state index is 11.9. The van der Waals surface area contributed by atoms with Gasteiger partial charge in [0.25, 0.3) is 0 Å². The molecular formula is C18H21N5O3S. The molecule has 0 atom stereocenters. The Kier molecular flexibility index (Phi) is 5.70. The Labute approximate surface area is 158 Å². The highest BCUT2D eigenvalue weighted by Gasteiger charge is 2.10. The minimum Gasteiger partial charge on any atom is -0.438 e. The zero-order valence-corrected chi connectivity index (χ0v) is 16.0.